The van der Waals surface area contributed by atoms with Crippen LogP contribution in [0.3, 0.4) is 0 Å². The summed E-state index contributed by atoms with van der Waals surface area (Å²) in [4.78, 5) is 35.4. The van der Waals surface area contributed by atoms with Gasteiger partial charge in [0.1, 0.15) is 0 Å². The van der Waals surface area contributed by atoms with E-state index in [0.29, 0.717) is 37.7 Å². The number of non-ortho nitro benzene ring substituents is 2. The van der Waals surface area contributed by atoms with Crippen LogP contribution >= 0.6 is 0 Å². The van der Waals surface area contributed by atoms with E-state index in [1.54, 1.807) is 6.07 Å². The van der Waals surface area contributed by atoms with Gasteiger partial charge in [0.15, 0.2) is 0 Å². The number of morpholine rings is 1. The Morgan fingerprint density at radius 2 is 1.56 bits per heavy atom. The Bertz CT molecular complexity index is 877. The number of nitro groups is 2. The lowest BCUT2D eigenvalue weighted by atomic mass is 10.1. The number of hydrogen-bond acceptors (Lipinski definition) is 7. The number of anilines is 2. The fraction of sp³-hybridized carbons (Fsp3) is 0.235. The average Bonchev–Trinajstić information content (AvgIpc) is 2.68. The molecule has 0 radical (unpaired) electrons. The predicted octanol–water partition coefficient (Wildman–Crippen LogP) is 2.59. The monoisotopic (exact) mass is 372 g/mol. The van der Waals surface area contributed by atoms with Gasteiger partial charge in [0.2, 0.25) is 0 Å². The molecular formula is C17H16N4O6. The van der Waals surface area contributed by atoms with Gasteiger partial charge in [-0.25, -0.2) is 0 Å². The highest BCUT2D eigenvalue weighted by molar-refractivity contribution is 6.08. The van der Waals surface area contributed by atoms with Crippen molar-refractivity contribution in [3.05, 3.63) is 68.3 Å². The molecule has 0 unspecified atom stereocenters. The number of carbonyl (C=O) groups is 1. The van der Waals surface area contributed by atoms with Gasteiger partial charge >= 0.3 is 0 Å². The van der Waals surface area contributed by atoms with Gasteiger partial charge in [0, 0.05) is 43.0 Å². The molecular weight excluding hydrogens is 356 g/mol. The Balaban J connectivity index is 1.89. The molecule has 2 aromatic carbocycles. The first-order valence-electron chi connectivity index (χ1n) is 8.12. The van der Waals surface area contributed by atoms with Gasteiger partial charge in [-0.15, -0.1) is 0 Å². The molecule has 27 heavy (non-hydrogen) atoms. The molecule has 1 aliphatic heterocycles. The van der Waals surface area contributed by atoms with E-state index in [9.17, 15) is 25.0 Å². The first-order chi connectivity index (χ1) is 13.0. The minimum absolute atomic E-state index is 0.0997. The fourth-order valence-electron chi connectivity index (χ4n) is 2.76. The first kappa shape index (κ1) is 18.3. The maximum absolute atomic E-state index is 12.7. The standard InChI is InChI=1S/C17H16N4O6/c22-17(18-12-1-3-13(4-2-12)20(23)24)15-11-14(21(25)26)5-6-16(15)19-7-9-27-10-8-19/h1-6,11H,7-10H2,(H,18,22). The molecule has 0 atom stereocenters. The van der Waals surface area contributed by atoms with Gasteiger partial charge in [-0.2, -0.15) is 0 Å². The molecule has 1 heterocycles. The largest absolute Gasteiger partial charge is 0.378 e. The number of ether oxygens (including phenoxy) is 1. The molecule has 10 nitrogen and oxygen atoms in total. The third kappa shape index (κ3) is 4.18. The summed E-state index contributed by atoms with van der Waals surface area (Å²) in [7, 11) is 0. The van der Waals surface area contributed by atoms with Crippen molar-refractivity contribution in [2.75, 3.05) is 36.5 Å². The summed E-state index contributed by atoms with van der Waals surface area (Å²) in [6, 6.07) is 9.48. The normalized spacial score (nSPS) is 13.9. The number of carbonyl (C=O) groups excluding carboxylic acids is 1. The molecule has 2 aromatic rings. The van der Waals surface area contributed by atoms with Crippen molar-refractivity contribution in [1.82, 2.24) is 0 Å². The number of amides is 1. The zero-order chi connectivity index (χ0) is 19.4. The van der Waals surface area contributed by atoms with Crippen LogP contribution in [0.15, 0.2) is 42.5 Å². The van der Waals surface area contributed by atoms with Gasteiger partial charge < -0.3 is 15.0 Å². The molecule has 0 saturated carbocycles. The van der Waals surface area contributed by atoms with E-state index in [2.05, 4.69) is 5.32 Å². The minimum Gasteiger partial charge on any atom is -0.378 e. The van der Waals surface area contributed by atoms with Crippen molar-refractivity contribution in [1.29, 1.82) is 0 Å². The number of rotatable bonds is 5. The number of hydrogen-bond donors (Lipinski definition) is 1. The molecule has 0 aromatic heterocycles. The molecule has 1 amide bonds. The highest BCUT2D eigenvalue weighted by Gasteiger charge is 2.22. The lowest BCUT2D eigenvalue weighted by Crippen LogP contribution is -2.37. The van der Waals surface area contributed by atoms with E-state index in [-0.39, 0.29) is 16.9 Å². The van der Waals surface area contributed by atoms with Gasteiger partial charge in [-0.05, 0) is 18.2 Å². The van der Waals surface area contributed by atoms with E-state index in [1.165, 1.54) is 36.4 Å². The number of nitro benzene ring substituents is 2. The fourth-order valence-corrected chi connectivity index (χ4v) is 2.76. The SMILES string of the molecule is O=C(Nc1ccc([N+](=O)[O-])cc1)c1cc([N+](=O)[O-])ccc1N1CCOCC1. The quantitative estimate of drug-likeness (QED) is 0.631. The number of nitrogens with zero attached hydrogens (tertiary/aromatic N) is 3. The Morgan fingerprint density at radius 3 is 2.15 bits per heavy atom. The van der Waals surface area contributed by atoms with E-state index in [4.69, 9.17) is 4.74 Å². The van der Waals surface area contributed by atoms with E-state index >= 15 is 0 Å². The van der Waals surface area contributed by atoms with Gasteiger partial charge in [-0.3, -0.25) is 25.0 Å². The van der Waals surface area contributed by atoms with Crippen LogP contribution in [0.5, 0.6) is 0 Å². The van der Waals surface area contributed by atoms with Crippen LogP contribution in [-0.2, 0) is 4.74 Å². The molecule has 140 valence electrons. The topological polar surface area (TPSA) is 128 Å². The lowest BCUT2D eigenvalue weighted by molar-refractivity contribution is -0.385. The van der Waals surface area contributed by atoms with Crippen LogP contribution in [0.1, 0.15) is 10.4 Å². The van der Waals surface area contributed by atoms with Crippen molar-refractivity contribution < 1.29 is 19.4 Å². The second kappa shape index (κ2) is 7.79. The molecule has 10 heteroatoms. The Labute approximate surface area is 153 Å². The van der Waals surface area contributed by atoms with Gasteiger partial charge in [0.25, 0.3) is 17.3 Å². The zero-order valence-electron chi connectivity index (χ0n) is 14.2. The lowest BCUT2D eigenvalue weighted by Gasteiger charge is -2.30. The predicted molar refractivity (Wildman–Crippen MR) is 97.2 cm³/mol. The molecule has 3 rings (SSSR count). The summed E-state index contributed by atoms with van der Waals surface area (Å²) in [6.07, 6.45) is 0. The molecule has 0 aliphatic carbocycles. The van der Waals surface area contributed by atoms with Crippen LogP contribution < -0.4 is 10.2 Å². The molecule has 0 bridgehead atoms. The van der Waals surface area contributed by atoms with E-state index < -0.39 is 15.8 Å². The molecule has 1 fully saturated rings. The third-order valence-corrected chi connectivity index (χ3v) is 4.12. The van der Waals surface area contributed by atoms with Crippen molar-refractivity contribution >= 4 is 28.7 Å². The second-order valence-corrected chi connectivity index (χ2v) is 5.82. The van der Waals surface area contributed by atoms with Crippen molar-refractivity contribution in [2.45, 2.75) is 0 Å². The minimum atomic E-state index is -0.564. The van der Waals surface area contributed by atoms with E-state index in [0.717, 1.165) is 0 Å². The summed E-state index contributed by atoms with van der Waals surface area (Å²) in [5.74, 6) is -0.533. The smallest absolute Gasteiger partial charge is 0.270 e. The first-order valence-corrected chi connectivity index (χ1v) is 8.12. The van der Waals surface area contributed by atoms with Gasteiger partial charge in [-0.1, -0.05) is 0 Å². The van der Waals surface area contributed by atoms with Crippen LogP contribution in [0.25, 0.3) is 0 Å². The summed E-state index contributed by atoms with van der Waals surface area (Å²) in [5, 5.41) is 24.4. The molecule has 1 N–H and O–H groups in total. The van der Waals surface area contributed by atoms with E-state index in [1.807, 2.05) is 4.90 Å². The molecule has 1 saturated heterocycles. The van der Waals surface area contributed by atoms with Crippen molar-refractivity contribution in [3.63, 3.8) is 0 Å². The van der Waals surface area contributed by atoms with Crippen molar-refractivity contribution in [3.8, 4) is 0 Å². The summed E-state index contributed by atoms with van der Waals surface area (Å²) in [6.45, 7) is 2.13. The number of nitrogens with one attached hydrogen (secondary N) is 1. The van der Waals surface area contributed by atoms with Crippen LogP contribution in [0, 0.1) is 20.2 Å². The highest BCUT2D eigenvalue weighted by atomic mass is 16.6. The summed E-state index contributed by atoms with van der Waals surface area (Å²) >= 11 is 0. The Morgan fingerprint density at radius 1 is 0.963 bits per heavy atom. The van der Waals surface area contributed by atoms with Crippen LogP contribution in [0.2, 0.25) is 0 Å². The summed E-state index contributed by atoms with van der Waals surface area (Å²) < 4.78 is 5.30. The van der Waals surface area contributed by atoms with Crippen LogP contribution in [0.4, 0.5) is 22.7 Å². The third-order valence-electron chi connectivity index (χ3n) is 4.12. The highest BCUT2D eigenvalue weighted by Crippen LogP contribution is 2.27. The molecule has 1 aliphatic rings. The van der Waals surface area contributed by atoms with Gasteiger partial charge in [0.05, 0.1) is 34.3 Å². The van der Waals surface area contributed by atoms with Crippen molar-refractivity contribution in [2.24, 2.45) is 0 Å². The summed E-state index contributed by atoms with van der Waals surface area (Å²) in [5.41, 5.74) is 0.788. The maximum Gasteiger partial charge on any atom is 0.270 e. The Kier molecular flexibility index (Phi) is 5.27. The molecule has 0 spiro atoms. The zero-order valence-corrected chi connectivity index (χ0v) is 14.2. The maximum atomic E-state index is 12.7. The van der Waals surface area contributed by atoms with Crippen LogP contribution in [-0.4, -0.2) is 42.1 Å². The average molecular weight is 372 g/mol. The Hall–Kier alpha value is -3.53. The second-order valence-electron chi connectivity index (χ2n) is 5.82. The number of benzene rings is 2.